The number of hydrogen-bond donors (Lipinski definition) is 3. The topological polar surface area (TPSA) is 84.5 Å². The smallest absolute Gasteiger partial charge is 0.416 e. The van der Waals surface area contributed by atoms with Crippen LogP contribution in [0.5, 0.6) is 5.75 Å². The van der Waals surface area contributed by atoms with E-state index < -0.39 is 64.3 Å². The lowest BCUT2D eigenvalue weighted by Gasteiger charge is -2.17. The molecule has 0 aliphatic rings. The molecule has 0 heterocycles. The molecule has 2 N–H and O–H groups in total. The Kier molecular flexibility index (Phi) is 8.48. The minimum Gasteiger partial charge on any atom is -0.424 e. The minimum absolute atomic E-state index is 0.0439. The molecule has 2 amide bonds. The van der Waals surface area contributed by atoms with Crippen molar-refractivity contribution in [2.24, 2.45) is 0 Å². The number of ether oxygens (including phenoxy) is 1. The van der Waals surface area contributed by atoms with Crippen LogP contribution in [0.1, 0.15) is 28.4 Å². The summed E-state index contributed by atoms with van der Waals surface area (Å²) >= 11 is 9.75. The SMILES string of the molecule is CC(=O)NC(CS)C(=O)Oc1ccc(Cl)cc1C(=O)Nc1cc(C(F)(F)F)cc(C(F)(F)F)c1. The molecule has 2 aromatic carbocycles. The van der Waals surface area contributed by atoms with E-state index in [1.807, 2.05) is 5.32 Å². The standard InChI is InChI=1S/C20H15ClF6N2O4S/c1-9(30)28-15(8-34)18(32)33-16-3-2-12(21)7-14(16)17(31)29-13-5-10(19(22,23)24)4-11(6-13)20(25,26)27/h2-7,15,34H,8H2,1H3,(H,28,30)(H,29,31). The summed E-state index contributed by atoms with van der Waals surface area (Å²) in [6.07, 6.45) is -10.2. The van der Waals surface area contributed by atoms with Crippen molar-refractivity contribution in [3.63, 3.8) is 0 Å². The second-order valence-corrected chi connectivity index (χ2v) is 7.55. The van der Waals surface area contributed by atoms with Crippen molar-refractivity contribution in [1.82, 2.24) is 5.32 Å². The molecule has 34 heavy (non-hydrogen) atoms. The molecule has 0 saturated carbocycles. The maximum absolute atomic E-state index is 13.1. The summed E-state index contributed by atoms with van der Waals surface area (Å²) in [5.41, 5.74) is -4.55. The minimum atomic E-state index is -5.12. The summed E-state index contributed by atoms with van der Waals surface area (Å²) in [5.74, 6) is -3.39. The molecular weight excluding hydrogens is 514 g/mol. The predicted molar refractivity (Wildman–Crippen MR) is 113 cm³/mol. The summed E-state index contributed by atoms with van der Waals surface area (Å²) in [6, 6.07) is 2.64. The fraction of sp³-hybridized carbons (Fsp3) is 0.250. The van der Waals surface area contributed by atoms with Crippen molar-refractivity contribution in [2.45, 2.75) is 25.3 Å². The summed E-state index contributed by atoms with van der Waals surface area (Å²) in [4.78, 5) is 36.2. The predicted octanol–water partition coefficient (Wildman–Crippen LogP) is 4.97. The van der Waals surface area contributed by atoms with Crippen molar-refractivity contribution in [3.8, 4) is 5.75 Å². The molecule has 0 aliphatic carbocycles. The Bertz CT molecular complexity index is 1080. The van der Waals surface area contributed by atoms with Gasteiger partial charge >= 0.3 is 18.3 Å². The molecule has 1 unspecified atom stereocenters. The molecule has 0 radical (unpaired) electrons. The lowest BCUT2D eigenvalue weighted by atomic mass is 10.1. The van der Waals surface area contributed by atoms with Crippen LogP contribution < -0.4 is 15.4 Å². The fourth-order valence-electron chi connectivity index (χ4n) is 2.60. The molecule has 6 nitrogen and oxygen atoms in total. The van der Waals surface area contributed by atoms with Crippen LogP contribution in [0.3, 0.4) is 0 Å². The van der Waals surface area contributed by atoms with E-state index in [1.165, 1.54) is 6.07 Å². The molecule has 0 bridgehead atoms. The van der Waals surface area contributed by atoms with E-state index >= 15 is 0 Å². The van der Waals surface area contributed by atoms with Gasteiger partial charge in [0.1, 0.15) is 11.8 Å². The van der Waals surface area contributed by atoms with Gasteiger partial charge in [0.2, 0.25) is 5.91 Å². The van der Waals surface area contributed by atoms with Gasteiger partial charge in [0.25, 0.3) is 5.91 Å². The van der Waals surface area contributed by atoms with Crippen LogP contribution in [0.2, 0.25) is 5.02 Å². The van der Waals surface area contributed by atoms with Gasteiger partial charge in [0.15, 0.2) is 0 Å². The zero-order valence-electron chi connectivity index (χ0n) is 17.0. The highest BCUT2D eigenvalue weighted by atomic mass is 35.5. The summed E-state index contributed by atoms with van der Waals surface area (Å²) < 4.78 is 83.5. The summed E-state index contributed by atoms with van der Waals surface area (Å²) in [5, 5.41) is 4.14. The molecule has 0 spiro atoms. The van der Waals surface area contributed by atoms with Crippen molar-refractivity contribution in [2.75, 3.05) is 11.1 Å². The maximum Gasteiger partial charge on any atom is 0.416 e. The molecule has 184 valence electrons. The molecule has 1 atom stereocenters. The van der Waals surface area contributed by atoms with E-state index in [2.05, 4.69) is 17.9 Å². The van der Waals surface area contributed by atoms with Crippen molar-refractivity contribution < 1.29 is 45.5 Å². The highest BCUT2D eigenvalue weighted by Crippen LogP contribution is 2.38. The van der Waals surface area contributed by atoms with Crippen molar-refractivity contribution in [1.29, 1.82) is 0 Å². The van der Waals surface area contributed by atoms with Gasteiger partial charge in [0.05, 0.1) is 16.7 Å². The fourth-order valence-corrected chi connectivity index (χ4v) is 3.01. The number of halogens is 7. The van der Waals surface area contributed by atoms with Gasteiger partial charge in [-0.1, -0.05) is 11.6 Å². The van der Waals surface area contributed by atoms with Gasteiger partial charge in [-0.05, 0) is 36.4 Å². The Balaban J connectivity index is 2.41. The summed E-state index contributed by atoms with van der Waals surface area (Å²) in [7, 11) is 0. The van der Waals surface area contributed by atoms with E-state index in [4.69, 9.17) is 16.3 Å². The molecule has 2 rings (SSSR count). The van der Waals surface area contributed by atoms with Crippen LogP contribution in [0.25, 0.3) is 0 Å². The Hall–Kier alpha value is -2.93. The Morgan fingerprint density at radius 2 is 1.56 bits per heavy atom. The largest absolute Gasteiger partial charge is 0.424 e. The van der Waals surface area contributed by atoms with Gasteiger partial charge in [-0.3, -0.25) is 9.59 Å². The van der Waals surface area contributed by atoms with Gasteiger partial charge in [0, 0.05) is 23.4 Å². The first-order valence-electron chi connectivity index (χ1n) is 9.12. The number of anilines is 1. The monoisotopic (exact) mass is 528 g/mol. The Morgan fingerprint density at radius 3 is 2.03 bits per heavy atom. The molecule has 0 fully saturated rings. The normalized spacial score (nSPS) is 12.6. The van der Waals surface area contributed by atoms with Crippen molar-refractivity contribution in [3.05, 3.63) is 58.1 Å². The lowest BCUT2D eigenvalue weighted by Crippen LogP contribution is -2.43. The van der Waals surface area contributed by atoms with Crippen LogP contribution in [0, 0.1) is 0 Å². The number of carbonyl (C=O) groups is 3. The van der Waals surface area contributed by atoms with Crippen LogP contribution >= 0.6 is 24.2 Å². The van der Waals surface area contributed by atoms with Gasteiger partial charge in [-0.15, -0.1) is 0 Å². The molecule has 0 aromatic heterocycles. The molecule has 0 aliphatic heterocycles. The van der Waals surface area contributed by atoms with E-state index in [-0.39, 0.29) is 16.8 Å². The number of carbonyl (C=O) groups excluding carboxylic acids is 3. The highest BCUT2D eigenvalue weighted by Gasteiger charge is 2.37. The number of rotatable bonds is 6. The average Bonchev–Trinajstić information content (AvgIpc) is 2.71. The molecule has 2 aromatic rings. The number of nitrogens with one attached hydrogen (secondary N) is 2. The van der Waals surface area contributed by atoms with E-state index in [9.17, 15) is 40.7 Å². The third kappa shape index (κ3) is 7.29. The highest BCUT2D eigenvalue weighted by molar-refractivity contribution is 7.80. The number of amides is 2. The van der Waals surface area contributed by atoms with Gasteiger partial charge in [-0.25, -0.2) is 4.79 Å². The van der Waals surface area contributed by atoms with Crippen molar-refractivity contribution >= 4 is 47.7 Å². The van der Waals surface area contributed by atoms with Crippen LogP contribution in [0.15, 0.2) is 36.4 Å². The molecule has 0 saturated heterocycles. The third-order valence-electron chi connectivity index (χ3n) is 4.09. The van der Waals surface area contributed by atoms with E-state index in [0.717, 1.165) is 19.1 Å². The van der Waals surface area contributed by atoms with E-state index in [1.54, 1.807) is 0 Å². The van der Waals surface area contributed by atoms with Crippen LogP contribution in [-0.4, -0.2) is 29.6 Å². The first-order chi connectivity index (χ1) is 15.6. The number of thiol groups is 1. The van der Waals surface area contributed by atoms with E-state index in [0.29, 0.717) is 12.1 Å². The Morgan fingerprint density at radius 1 is 1.00 bits per heavy atom. The number of alkyl halides is 6. The molecule has 14 heteroatoms. The number of hydrogen-bond acceptors (Lipinski definition) is 5. The first-order valence-corrected chi connectivity index (χ1v) is 10.1. The quantitative estimate of drug-likeness (QED) is 0.214. The third-order valence-corrected chi connectivity index (χ3v) is 4.69. The number of benzene rings is 2. The zero-order valence-corrected chi connectivity index (χ0v) is 18.6. The second kappa shape index (κ2) is 10.6. The average molecular weight is 529 g/mol. The second-order valence-electron chi connectivity index (χ2n) is 6.75. The lowest BCUT2D eigenvalue weighted by molar-refractivity contribution is -0.143. The van der Waals surface area contributed by atoms with Crippen LogP contribution in [-0.2, 0) is 21.9 Å². The maximum atomic E-state index is 13.1. The molecular formula is C20H15ClF6N2O4S. The van der Waals surface area contributed by atoms with Gasteiger partial charge in [-0.2, -0.15) is 39.0 Å². The van der Waals surface area contributed by atoms with Gasteiger partial charge < -0.3 is 15.4 Å². The first kappa shape index (κ1) is 27.3. The zero-order chi connectivity index (χ0) is 25.8. The number of esters is 1. The van der Waals surface area contributed by atoms with Crippen LogP contribution in [0.4, 0.5) is 32.0 Å². The Labute approximate surface area is 199 Å². The summed E-state index contributed by atoms with van der Waals surface area (Å²) in [6.45, 7) is 1.13.